The topological polar surface area (TPSA) is 66.1 Å². The van der Waals surface area contributed by atoms with Crippen LogP contribution >= 0.6 is 0 Å². The largest absolute Gasteiger partial charge is 0.454 e. The predicted octanol–water partition coefficient (Wildman–Crippen LogP) is 3.60. The van der Waals surface area contributed by atoms with E-state index >= 15 is 0 Å². The number of hydrogen-bond acceptors (Lipinski definition) is 5. The summed E-state index contributed by atoms with van der Waals surface area (Å²) in [5, 5.41) is 12.8. The second-order valence-corrected chi connectivity index (χ2v) is 7.37. The molecule has 1 aliphatic rings. The van der Waals surface area contributed by atoms with E-state index < -0.39 is 0 Å². The lowest BCUT2D eigenvalue weighted by atomic mass is 10.1. The van der Waals surface area contributed by atoms with Crippen LogP contribution in [0.3, 0.4) is 0 Å². The number of para-hydroxylation sites is 1. The molecule has 0 saturated carbocycles. The van der Waals surface area contributed by atoms with E-state index in [-0.39, 0.29) is 6.79 Å². The first-order valence-corrected chi connectivity index (χ1v) is 9.91. The van der Waals surface area contributed by atoms with Gasteiger partial charge < -0.3 is 14.8 Å². The van der Waals surface area contributed by atoms with Crippen LogP contribution in [0.15, 0.2) is 60.9 Å². The molecule has 152 valence electrons. The molecule has 0 unspecified atom stereocenters. The minimum Gasteiger partial charge on any atom is -0.454 e. The minimum atomic E-state index is 0.260. The molecule has 0 bridgehead atoms. The Labute approximate surface area is 174 Å². The fourth-order valence-electron chi connectivity index (χ4n) is 3.69. The molecule has 7 heteroatoms. The Balaban J connectivity index is 1.45. The van der Waals surface area contributed by atoms with Gasteiger partial charge in [0.25, 0.3) is 0 Å². The van der Waals surface area contributed by atoms with Crippen molar-refractivity contribution in [3.05, 3.63) is 77.7 Å². The summed E-state index contributed by atoms with van der Waals surface area (Å²) in [6.07, 6.45) is 4.13. The van der Waals surface area contributed by atoms with Crippen molar-refractivity contribution in [2.45, 2.75) is 20.0 Å². The Morgan fingerprint density at radius 1 is 0.933 bits per heavy atom. The molecule has 0 atom stereocenters. The van der Waals surface area contributed by atoms with Gasteiger partial charge in [0.1, 0.15) is 0 Å². The fourth-order valence-corrected chi connectivity index (χ4v) is 3.69. The summed E-state index contributed by atoms with van der Waals surface area (Å²) in [4.78, 5) is 0. The van der Waals surface area contributed by atoms with Gasteiger partial charge in [-0.3, -0.25) is 4.68 Å². The second kappa shape index (κ2) is 7.68. The maximum absolute atomic E-state index is 5.56. The third-order valence-corrected chi connectivity index (χ3v) is 5.20. The van der Waals surface area contributed by atoms with Gasteiger partial charge in [0.2, 0.25) is 6.79 Å². The summed E-state index contributed by atoms with van der Waals surface area (Å²) in [6, 6.07) is 16.1. The molecule has 5 rings (SSSR count). The Morgan fingerprint density at radius 2 is 1.73 bits per heavy atom. The number of nitrogens with one attached hydrogen (secondary N) is 1. The van der Waals surface area contributed by atoms with E-state index in [1.54, 1.807) is 0 Å². The van der Waals surface area contributed by atoms with E-state index in [2.05, 4.69) is 22.8 Å². The van der Waals surface area contributed by atoms with Crippen molar-refractivity contribution in [3.63, 3.8) is 0 Å². The fraction of sp³-hybridized carbons (Fsp3) is 0.217. The van der Waals surface area contributed by atoms with Gasteiger partial charge in [0.15, 0.2) is 11.5 Å². The number of aromatic nitrogens is 4. The normalized spacial score (nSPS) is 12.5. The zero-order valence-electron chi connectivity index (χ0n) is 17.0. The van der Waals surface area contributed by atoms with E-state index in [1.165, 1.54) is 5.56 Å². The zero-order chi connectivity index (χ0) is 20.5. The van der Waals surface area contributed by atoms with Crippen LogP contribution < -0.4 is 14.8 Å². The van der Waals surface area contributed by atoms with Crippen molar-refractivity contribution in [1.29, 1.82) is 0 Å². The smallest absolute Gasteiger partial charge is 0.231 e. The number of nitrogens with zero attached hydrogens (tertiary/aromatic N) is 4. The van der Waals surface area contributed by atoms with E-state index in [4.69, 9.17) is 14.6 Å². The first-order valence-electron chi connectivity index (χ1n) is 9.91. The van der Waals surface area contributed by atoms with Crippen molar-refractivity contribution in [3.8, 4) is 28.4 Å². The van der Waals surface area contributed by atoms with Crippen LogP contribution in [-0.4, -0.2) is 26.4 Å². The van der Waals surface area contributed by atoms with Crippen LogP contribution in [0.1, 0.15) is 16.8 Å². The van der Waals surface area contributed by atoms with Crippen LogP contribution in [0, 0.1) is 6.92 Å². The lowest BCUT2D eigenvalue weighted by Gasteiger charge is -2.06. The molecule has 0 aliphatic carbocycles. The molecular weight excluding hydrogens is 378 g/mol. The maximum atomic E-state index is 5.56. The molecule has 2 aromatic carbocycles. The lowest BCUT2D eigenvalue weighted by molar-refractivity contribution is 0.174. The summed E-state index contributed by atoms with van der Waals surface area (Å²) in [5.41, 5.74) is 6.29. The summed E-state index contributed by atoms with van der Waals surface area (Å²) >= 11 is 0. The summed E-state index contributed by atoms with van der Waals surface area (Å²) < 4.78 is 14.8. The molecule has 0 saturated heterocycles. The third-order valence-electron chi connectivity index (χ3n) is 5.20. The average Bonchev–Trinajstić information content (AvgIpc) is 3.47. The van der Waals surface area contributed by atoms with Gasteiger partial charge in [-0.15, -0.1) is 0 Å². The van der Waals surface area contributed by atoms with Crippen LogP contribution in [-0.2, 0) is 20.1 Å². The van der Waals surface area contributed by atoms with Gasteiger partial charge in [-0.25, -0.2) is 4.68 Å². The number of hydrogen-bond donors (Lipinski definition) is 1. The summed E-state index contributed by atoms with van der Waals surface area (Å²) in [5.74, 6) is 1.53. The van der Waals surface area contributed by atoms with Crippen molar-refractivity contribution >= 4 is 0 Å². The Hall–Kier alpha value is -3.58. The Morgan fingerprint density at radius 3 is 2.53 bits per heavy atom. The van der Waals surface area contributed by atoms with Crippen molar-refractivity contribution in [2.24, 2.45) is 7.05 Å². The van der Waals surface area contributed by atoms with Crippen molar-refractivity contribution in [2.75, 3.05) is 6.79 Å². The number of fused-ring (bicyclic) bond motifs is 1. The Kier molecular flexibility index (Phi) is 4.72. The highest BCUT2D eigenvalue weighted by atomic mass is 16.7. The van der Waals surface area contributed by atoms with Crippen LogP contribution in [0.4, 0.5) is 0 Å². The highest BCUT2D eigenvalue weighted by Gasteiger charge is 2.18. The number of ether oxygens (including phenoxy) is 2. The number of aryl methyl sites for hydroxylation is 2. The van der Waals surface area contributed by atoms with Crippen LogP contribution in [0.2, 0.25) is 0 Å². The minimum absolute atomic E-state index is 0.260. The molecule has 3 heterocycles. The standard InChI is InChI=1S/C23H23N5O2/c1-16-18(13-27(2)25-16)11-24-12-19-14-28(20-6-4-3-5-7-20)26-23(19)17-8-9-21-22(10-17)30-15-29-21/h3-10,13-14,24H,11-12,15H2,1-2H3. The maximum Gasteiger partial charge on any atom is 0.231 e. The molecule has 1 N–H and O–H groups in total. The van der Waals surface area contributed by atoms with E-state index in [1.807, 2.05) is 71.9 Å². The first kappa shape index (κ1) is 18.4. The Bertz CT molecular complexity index is 1180. The van der Waals surface area contributed by atoms with Gasteiger partial charge in [-0.05, 0) is 37.3 Å². The van der Waals surface area contributed by atoms with Gasteiger partial charge in [0, 0.05) is 49.2 Å². The molecule has 4 aromatic rings. The summed E-state index contributed by atoms with van der Waals surface area (Å²) in [6.45, 7) is 3.72. The SMILES string of the molecule is Cc1nn(C)cc1CNCc1cn(-c2ccccc2)nc1-c1ccc2c(c1)OCO2. The van der Waals surface area contributed by atoms with E-state index in [0.29, 0.717) is 6.54 Å². The molecule has 0 fully saturated rings. The summed E-state index contributed by atoms with van der Waals surface area (Å²) in [7, 11) is 1.94. The monoisotopic (exact) mass is 401 g/mol. The van der Waals surface area contributed by atoms with Crippen molar-refractivity contribution < 1.29 is 9.47 Å². The molecule has 0 spiro atoms. The zero-order valence-corrected chi connectivity index (χ0v) is 17.0. The van der Waals surface area contributed by atoms with E-state index in [9.17, 15) is 0 Å². The highest BCUT2D eigenvalue weighted by Crippen LogP contribution is 2.36. The lowest BCUT2D eigenvalue weighted by Crippen LogP contribution is -2.13. The third kappa shape index (κ3) is 3.55. The molecule has 7 nitrogen and oxygen atoms in total. The second-order valence-electron chi connectivity index (χ2n) is 7.37. The van der Waals surface area contributed by atoms with Gasteiger partial charge in [0.05, 0.1) is 17.1 Å². The predicted molar refractivity (Wildman–Crippen MR) is 114 cm³/mol. The molecular formula is C23H23N5O2. The molecule has 30 heavy (non-hydrogen) atoms. The quantitative estimate of drug-likeness (QED) is 0.535. The number of benzene rings is 2. The average molecular weight is 401 g/mol. The molecule has 2 aromatic heterocycles. The molecule has 0 amide bonds. The first-order chi connectivity index (χ1) is 14.7. The van der Waals surface area contributed by atoms with Crippen LogP contribution in [0.25, 0.3) is 16.9 Å². The van der Waals surface area contributed by atoms with Gasteiger partial charge in [-0.1, -0.05) is 18.2 Å². The van der Waals surface area contributed by atoms with Crippen molar-refractivity contribution in [1.82, 2.24) is 24.9 Å². The van der Waals surface area contributed by atoms with Gasteiger partial charge in [-0.2, -0.15) is 10.2 Å². The van der Waals surface area contributed by atoms with Crippen LogP contribution in [0.5, 0.6) is 11.5 Å². The number of rotatable bonds is 6. The highest BCUT2D eigenvalue weighted by molar-refractivity contribution is 5.67. The van der Waals surface area contributed by atoms with Gasteiger partial charge >= 0.3 is 0 Å². The van der Waals surface area contributed by atoms with E-state index in [0.717, 1.165) is 46.2 Å². The molecule has 0 radical (unpaired) electrons. The molecule has 1 aliphatic heterocycles.